The zero-order valence-electron chi connectivity index (χ0n) is 16.9. The van der Waals surface area contributed by atoms with Crippen molar-refractivity contribution >= 4 is 27.8 Å². The number of aryl methyl sites for hydroxylation is 1. The first-order valence-corrected chi connectivity index (χ1v) is 11.0. The molecule has 3 heterocycles. The molecule has 8 nitrogen and oxygen atoms in total. The molecule has 2 aliphatic rings. The maximum atomic E-state index is 13.4. The number of aromatic nitrogens is 3. The SMILES string of the molecule is COC(=O)N[C@H]1CCc2ccn3c2C1C(=O)C[C@H](c1nnc(-c2ccc(Br)cc2)o1)C3. The average molecular weight is 485 g/mol. The van der Waals surface area contributed by atoms with Gasteiger partial charge in [-0.3, -0.25) is 4.79 Å². The van der Waals surface area contributed by atoms with Gasteiger partial charge in [-0.1, -0.05) is 15.9 Å². The van der Waals surface area contributed by atoms with Crippen LogP contribution in [0.25, 0.3) is 11.5 Å². The van der Waals surface area contributed by atoms with Crippen molar-refractivity contribution in [3.63, 3.8) is 0 Å². The summed E-state index contributed by atoms with van der Waals surface area (Å²) in [6.45, 7) is 0.574. The smallest absolute Gasteiger partial charge is 0.407 e. The monoisotopic (exact) mass is 484 g/mol. The van der Waals surface area contributed by atoms with Crippen molar-refractivity contribution in [1.29, 1.82) is 0 Å². The van der Waals surface area contributed by atoms with E-state index in [0.717, 1.165) is 27.7 Å². The van der Waals surface area contributed by atoms with Gasteiger partial charge in [-0.25, -0.2) is 4.79 Å². The molecule has 1 aliphatic heterocycles. The molecule has 0 fully saturated rings. The number of nitrogens with zero attached hydrogens (tertiary/aromatic N) is 3. The highest BCUT2D eigenvalue weighted by Crippen LogP contribution is 2.40. The first-order valence-electron chi connectivity index (χ1n) is 10.2. The Balaban J connectivity index is 1.45. The maximum Gasteiger partial charge on any atom is 0.407 e. The van der Waals surface area contributed by atoms with E-state index in [0.29, 0.717) is 24.7 Å². The van der Waals surface area contributed by atoms with Gasteiger partial charge < -0.3 is 19.0 Å². The third-order valence-electron chi connectivity index (χ3n) is 6.10. The maximum absolute atomic E-state index is 13.4. The predicted octanol–water partition coefficient (Wildman–Crippen LogP) is 3.81. The number of ether oxygens (including phenoxy) is 1. The second-order valence-electron chi connectivity index (χ2n) is 7.96. The van der Waals surface area contributed by atoms with Crippen LogP contribution < -0.4 is 5.32 Å². The summed E-state index contributed by atoms with van der Waals surface area (Å²) in [7, 11) is 1.33. The van der Waals surface area contributed by atoms with Gasteiger partial charge in [0.05, 0.1) is 18.9 Å². The summed E-state index contributed by atoms with van der Waals surface area (Å²) in [6.07, 6.45) is 3.26. The largest absolute Gasteiger partial charge is 0.453 e. The van der Waals surface area contributed by atoms with Gasteiger partial charge in [0, 0.05) is 40.9 Å². The minimum absolute atomic E-state index is 0.0631. The molecule has 1 aromatic carbocycles. The highest BCUT2D eigenvalue weighted by Gasteiger charge is 2.42. The molecule has 3 atom stereocenters. The first-order chi connectivity index (χ1) is 15.0. The molecule has 160 valence electrons. The average Bonchev–Trinajstić information content (AvgIpc) is 3.38. The second-order valence-corrected chi connectivity index (χ2v) is 8.87. The molecule has 1 unspecified atom stereocenters. The number of methoxy groups -OCH3 is 1. The summed E-state index contributed by atoms with van der Waals surface area (Å²) in [5.74, 6) is 0.304. The lowest BCUT2D eigenvalue weighted by molar-refractivity contribution is -0.121. The van der Waals surface area contributed by atoms with Crippen molar-refractivity contribution in [1.82, 2.24) is 20.1 Å². The Morgan fingerprint density at radius 2 is 2.06 bits per heavy atom. The normalized spacial score (nSPS) is 22.5. The molecule has 0 spiro atoms. The van der Waals surface area contributed by atoms with Crippen LogP contribution in [0.15, 0.2) is 45.4 Å². The summed E-state index contributed by atoms with van der Waals surface area (Å²) in [6, 6.07) is 9.40. The van der Waals surface area contributed by atoms with Crippen molar-refractivity contribution in [2.75, 3.05) is 7.11 Å². The quantitative estimate of drug-likeness (QED) is 0.606. The van der Waals surface area contributed by atoms with E-state index in [1.165, 1.54) is 7.11 Å². The summed E-state index contributed by atoms with van der Waals surface area (Å²) in [5, 5.41) is 11.3. The second kappa shape index (κ2) is 7.96. The number of nitrogens with one attached hydrogen (secondary N) is 1. The molecule has 0 saturated heterocycles. The fourth-order valence-corrected chi connectivity index (χ4v) is 4.90. The first kappa shape index (κ1) is 20.0. The van der Waals surface area contributed by atoms with E-state index in [9.17, 15) is 9.59 Å². The van der Waals surface area contributed by atoms with Crippen molar-refractivity contribution in [3.05, 3.63) is 58.1 Å². The Hall–Kier alpha value is -2.94. The molecular weight excluding hydrogens is 464 g/mol. The van der Waals surface area contributed by atoms with E-state index in [1.54, 1.807) is 0 Å². The van der Waals surface area contributed by atoms with Gasteiger partial charge in [0.2, 0.25) is 11.8 Å². The Morgan fingerprint density at radius 1 is 1.26 bits per heavy atom. The van der Waals surface area contributed by atoms with Gasteiger partial charge in [-0.05, 0) is 48.7 Å². The Kier molecular flexibility index (Phi) is 5.13. The topological polar surface area (TPSA) is 99.2 Å². The number of hydrogen-bond donors (Lipinski definition) is 1. The zero-order valence-corrected chi connectivity index (χ0v) is 18.5. The predicted molar refractivity (Wildman–Crippen MR) is 115 cm³/mol. The molecule has 1 N–H and O–H groups in total. The molecule has 1 aliphatic carbocycles. The number of benzene rings is 1. The third kappa shape index (κ3) is 3.67. The number of carbonyl (C=O) groups excluding carboxylic acids is 2. The number of halogens is 1. The van der Waals surface area contributed by atoms with Crippen LogP contribution in [0.4, 0.5) is 4.79 Å². The van der Waals surface area contributed by atoms with E-state index < -0.39 is 12.0 Å². The van der Waals surface area contributed by atoms with E-state index in [1.807, 2.05) is 30.5 Å². The van der Waals surface area contributed by atoms with Crippen LogP contribution in [0.2, 0.25) is 0 Å². The van der Waals surface area contributed by atoms with E-state index in [2.05, 4.69) is 42.1 Å². The lowest BCUT2D eigenvalue weighted by Gasteiger charge is -2.31. The van der Waals surface area contributed by atoms with Gasteiger partial charge >= 0.3 is 6.09 Å². The molecule has 1 amide bonds. The fraction of sp³-hybridized carbons (Fsp3) is 0.364. The molecule has 0 bridgehead atoms. The highest BCUT2D eigenvalue weighted by molar-refractivity contribution is 9.10. The molecule has 31 heavy (non-hydrogen) atoms. The molecule has 0 radical (unpaired) electrons. The van der Waals surface area contributed by atoms with Crippen molar-refractivity contribution in [2.45, 2.75) is 43.7 Å². The molecular formula is C22H21BrN4O4. The molecule has 0 saturated carbocycles. The van der Waals surface area contributed by atoms with E-state index in [-0.39, 0.29) is 24.2 Å². The summed E-state index contributed by atoms with van der Waals surface area (Å²) in [4.78, 5) is 25.2. The van der Waals surface area contributed by atoms with Crippen molar-refractivity contribution < 1.29 is 18.7 Å². The van der Waals surface area contributed by atoms with Gasteiger partial charge in [0.15, 0.2) is 0 Å². The zero-order chi connectivity index (χ0) is 21.5. The minimum atomic E-state index is -0.517. The van der Waals surface area contributed by atoms with Gasteiger partial charge in [0.1, 0.15) is 5.78 Å². The number of rotatable bonds is 3. The van der Waals surface area contributed by atoms with Crippen molar-refractivity contribution in [3.8, 4) is 11.5 Å². The Labute approximate surface area is 187 Å². The minimum Gasteiger partial charge on any atom is -0.453 e. The lowest BCUT2D eigenvalue weighted by atomic mass is 9.79. The van der Waals surface area contributed by atoms with Gasteiger partial charge in [-0.2, -0.15) is 0 Å². The van der Waals surface area contributed by atoms with Gasteiger partial charge in [0.25, 0.3) is 0 Å². The van der Waals surface area contributed by atoms with Crippen LogP contribution in [0.5, 0.6) is 0 Å². The third-order valence-corrected chi connectivity index (χ3v) is 6.63. The van der Waals surface area contributed by atoms with Crippen LogP contribution in [0, 0.1) is 0 Å². The Bertz CT molecular complexity index is 1140. The van der Waals surface area contributed by atoms with E-state index in [4.69, 9.17) is 9.15 Å². The molecule has 2 aromatic heterocycles. The van der Waals surface area contributed by atoms with Crippen LogP contribution in [0.1, 0.15) is 41.8 Å². The summed E-state index contributed by atoms with van der Waals surface area (Å²) < 4.78 is 13.8. The van der Waals surface area contributed by atoms with Crippen LogP contribution >= 0.6 is 15.9 Å². The number of ketones is 1. The Morgan fingerprint density at radius 3 is 2.84 bits per heavy atom. The summed E-state index contributed by atoms with van der Waals surface area (Å²) >= 11 is 3.42. The van der Waals surface area contributed by atoms with E-state index >= 15 is 0 Å². The van der Waals surface area contributed by atoms with Gasteiger partial charge in [-0.15, -0.1) is 10.2 Å². The number of hydrogen-bond acceptors (Lipinski definition) is 6. The molecule has 9 heteroatoms. The lowest BCUT2D eigenvalue weighted by Crippen LogP contribution is -2.44. The number of amides is 1. The molecule has 5 rings (SSSR count). The number of alkyl carbamates (subject to hydrolysis) is 1. The van der Waals surface area contributed by atoms with Crippen LogP contribution in [-0.2, 0) is 22.5 Å². The van der Waals surface area contributed by atoms with Crippen LogP contribution in [-0.4, -0.2) is 39.8 Å². The summed E-state index contributed by atoms with van der Waals surface area (Å²) in [5.41, 5.74) is 2.96. The molecule has 3 aromatic rings. The number of Topliss-reactive ketones (excluding diaryl/α,β-unsaturated/α-hetero) is 1. The highest BCUT2D eigenvalue weighted by atomic mass is 79.9. The standard InChI is InChI=1S/C22H21BrN4O4/c1-30-22(29)24-16-7-4-12-8-9-27-11-14(10-17(28)18(16)19(12)27)21-26-25-20(31-21)13-2-5-15(23)6-3-13/h2-3,5-6,8-9,14,16,18H,4,7,10-11H2,1H3,(H,24,29)/t14-,16-,18?/m0/s1. The van der Waals surface area contributed by atoms with Crippen LogP contribution in [0.3, 0.4) is 0 Å². The number of carbonyl (C=O) groups is 2. The fourth-order valence-electron chi connectivity index (χ4n) is 4.64. The van der Waals surface area contributed by atoms with Crippen molar-refractivity contribution in [2.24, 2.45) is 0 Å².